The second-order valence-corrected chi connectivity index (χ2v) is 7.31. The lowest BCUT2D eigenvalue weighted by atomic mass is 10.1. The average molecular weight is 460 g/mol. The number of halogens is 3. The van der Waals surface area contributed by atoms with Crippen molar-refractivity contribution in [3.63, 3.8) is 0 Å². The molecule has 0 spiro atoms. The largest absolute Gasteiger partial charge is 0.365 e. The molecule has 13 heteroatoms. The molecule has 3 N–H and O–H groups in total. The normalized spacial score (nSPS) is 17.2. The van der Waals surface area contributed by atoms with E-state index in [-0.39, 0.29) is 34.6 Å². The number of H-pyrrole nitrogens is 3. The van der Waals surface area contributed by atoms with Crippen LogP contribution in [0.25, 0.3) is 11.3 Å². The molecular formula is C20H15F3N6O4. The van der Waals surface area contributed by atoms with E-state index in [1.54, 1.807) is 6.07 Å². The molecule has 1 aliphatic rings. The monoisotopic (exact) mass is 460 g/mol. The zero-order chi connectivity index (χ0) is 23.8. The van der Waals surface area contributed by atoms with Gasteiger partial charge in [0.15, 0.2) is 0 Å². The lowest BCUT2D eigenvalue weighted by Crippen LogP contribution is -2.34. The van der Waals surface area contributed by atoms with E-state index in [1.807, 2.05) is 4.98 Å². The quantitative estimate of drug-likeness (QED) is 0.512. The van der Waals surface area contributed by atoms with Crippen molar-refractivity contribution in [2.75, 3.05) is 18.0 Å². The van der Waals surface area contributed by atoms with Gasteiger partial charge in [0.05, 0.1) is 42.6 Å². The van der Waals surface area contributed by atoms with Gasteiger partial charge in [0.2, 0.25) is 0 Å². The molecule has 10 nitrogen and oxygen atoms in total. The number of rotatable bonds is 5. The van der Waals surface area contributed by atoms with Gasteiger partial charge in [0, 0.05) is 11.8 Å². The number of nitrogens with zero attached hydrogens (tertiary/aromatic N) is 3. The molecule has 0 aliphatic carbocycles. The Bertz CT molecular complexity index is 1420. The number of nitrogens with one attached hydrogen (secondary N) is 3. The highest BCUT2D eigenvalue weighted by atomic mass is 19.3. The number of aromatic amines is 3. The Hall–Kier alpha value is -4.18. The Balaban J connectivity index is 1.56. The van der Waals surface area contributed by atoms with Crippen LogP contribution in [0.4, 0.5) is 18.9 Å². The zero-order valence-corrected chi connectivity index (χ0v) is 16.7. The minimum absolute atomic E-state index is 0.00425. The standard InChI is InChI=1S/C20H15F3N6O4/c21-13-3-10(5-24)1-2-11(13)8-33-16-7-29(9-20(16,22)23)15-4-14(27-28-18(15)31)12-6-25-19(32)26-17(12)30/h1-4,6,16H,7-9H2,(H,28,31)(H2,25,26,30,32). The fourth-order valence-corrected chi connectivity index (χ4v) is 3.41. The summed E-state index contributed by atoms with van der Waals surface area (Å²) >= 11 is 0. The molecule has 1 aliphatic heterocycles. The van der Waals surface area contributed by atoms with Crippen molar-refractivity contribution in [2.45, 2.75) is 18.6 Å². The van der Waals surface area contributed by atoms with Crippen molar-refractivity contribution in [1.82, 2.24) is 20.2 Å². The minimum atomic E-state index is -3.37. The van der Waals surface area contributed by atoms with E-state index in [2.05, 4.69) is 15.2 Å². The van der Waals surface area contributed by atoms with E-state index in [0.717, 1.165) is 23.2 Å². The SMILES string of the molecule is N#Cc1ccc(COC2CN(c3cc(-c4c[nH]c(=O)[nH]c4=O)n[nH]c3=O)CC2(F)F)c(F)c1. The van der Waals surface area contributed by atoms with E-state index in [1.165, 1.54) is 12.1 Å². The van der Waals surface area contributed by atoms with Crippen LogP contribution in [-0.4, -0.2) is 45.3 Å². The maximum atomic E-state index is 14.6. The van der Waals surface area contributed by atoms with Crippen LogP contribution < -0.4 is 21.7 Å². The average Bonchev–Trinajstić information content (AvgIpc) is 3.07. The summed E-state index contributed by atoms with van der Waals surface area (Å²) in [7, 11) is 0. The molecular weight excluding hydrogens is 445 g/mol. The molecule has 4 rings (SSSR count). The Kier molecular flexibility index (Phi) is 5.60. The van der Waals surface area contributed by atoms with Crippen molar-refractivity contribution >= 4 is 5.69 Å². The van der Waals surface area contributed by atoms with Crippen LogP contribution in [0.2, 0.25) is 0 Å². The number of hydrogen-bond acceptors (Lipinski definition) is 7. The first kappa shape index (κ1) is 22.0. The van der Waals surface area contributed by atoms with Gasteiger partial charge in [-0.1, -0.05) is 6.07 Å². The Labute approximate surface area is 182 Å². The first-order valence-electron chi connectivity index (χ1n) is 9.53. The summed E-state index contributed by atoms with van der Waals surface area (Å²) in [6.45, 7) is -1.71. The van der Waals surface area contributed by atoms with Gasteiger partial charge in [-0.3, -0.25) is 14.6 Å². The molecule has 2 aromatic heterocycles. The first-order chi connectivity index (χ1) is 15.7. The van der Waals surface area contributed by atoms with Crippen molar-refractivity contribution in [3.05, 3.63) is 78.6 Å². The zero-order valence-electron chi connectivity index (χ0n) is 16.7. The van der Waals surface area contributed by atoms with Gasteiger partial charge < -0.3 is 14.6 Å². The highest BCUT2D eigenvalue weighted by Crippen LogP contribution is 2.33. The van der Waals surface area contributed by atoms with Crippen LogP contribution in [0, 0.1) is 17.1 Å². The first-order valence-corrected chi connectivity index (χ1v) is 9.53. The van der Waals surface area contributed by atoms with Gasteiger partial charge in [-0.05, 0) is 18.2 Å². The number of nitriles is 1. The third-order valence-corrected chi connectivity index (χ3v) is 5.10. The summed E-state index contributed by atoms with van der Waals surface area (Å²) in [4.78, 5) is 40.8. The third kappa shape index (κ3) is 4.41. The maximum Gasteiger partial charge on any atom is 0.325 e. The van der Waals surface area contributed by atoms with Crippen LogP contribution in [0.1, 0.15) is 11.1 Å². The molecule has 3 heterocycles. The smallest absolute Gasteiger partial charge is 0.325 e. The van der Waals surface area contributed by atoms with Crippen LogP contribution in [0.3, 0.4) is 0 Å². The number of aromatic nitrogens is 4. The van der Waals surface area contributed by atoms with E-state index >= 15 is 0 Å². The molecule has 0 amide bonds. The molecule has 170 valence electrons. The maximum absolute atomic E-state index is 14.6. The molecule has 1 aromatic carbocycles. The van der Waals surface area contributed by atoms with Crippen LogP contribution in [0.5, 0.6) is 0 Å². The van der Waals surface area contributed by atoms with Gasteiger partial charge in [0.1, 0.15) is 17.6 Å². The summed E-state index contributed by atoms with van der Waals surface area (Å²) in [6, 6.07) is 6.53. The van der Waals surface area contributed by atoms with Crippen LogP contribution in [-0.2, 0) is 11.3 Å². The molecule has 0 saturated carbocycles. The van der Waals surface area contributed by atoms with Gasteiger partial charge in [0.25, 0.3) is 17.0 Å². The minimum Gasteiger partial charge on any atom is -0.365 e. The number of ether oxygens (including phenoxy) is 1. The van der Waals surface area contributed by atoms with Crippen molar-refractivity contribution in [3.8, 4) is 17.3 Å². The Morgan fingerprint density at radius 1 is 1.24 bits per heavy atom. The summed E-state index contributed by atoms with van der Waals surface area (Å²) in [6.07, 6.45) is -0.567. The molecule has 33 heavy (non-hydrogen) atoms. The van der Waals surface area contributed by atoms with E-state index in [0.29, 0.717) is 0 Å². The molecule has 1 saturated heterocycles. The number of anilines is 1. The van der Waals surface area contributed by atoms with Crippen LogP contribution >= 0.6 is 0 Å². The van der Waals surface area contributed by atoms with E-state index in [4.69, 9.17) is 10.00 Å². The van der Waals surface area contributed by atoms with Gasteiger partial charge in [-0.25, -0.2) is 23.1 Å². The topological polar surface area (TPSA) is 148 Å². The molecule has 3 aromatic rings. The molecule has 1 unspecified atom stereocenters. The van der Waals surface area contributed by atoms with Crippen LogP contribution in [0.15, 0.2) is 44.8 Å². The fraction of sp³-hybridized carbons (Fsp3) is 0.250. The lowest BCUT2D eigenvalue weighted by molar-refractivity contribution is -0.110. The molecule has 1 atom stereocenters. The fourth-order valence-electron chi connectivity index (χ4n) is 3.41. The van der Waals surface area contributed by atoms with Crippen molar-refractivity contribution in [2.24, 2.45) is 0 Å². The molecule has 0 radical (unpaired) electrons. The van der Waals surface area contributed by atoms with Crippen molar-refractivity contribution in [1.29, 1.82) is 5.26 Å². The predicted octanol–water partition coefficient (Wildman–Crippen LogP) is 0.865. The van der Waals surface area contributed by atoms with Gasteiger partial charge in [-0.2, -0.15) is 10.4 Å². The van der Waals surface area contributed by atoms with E-state index < -0.39 is 47.8 Å². The van der Waals surface area contributed by atoms with E-state index in [9.17, 15) is 27.6 Å². The summed E-state index contributed by atoms with van der Waals surface area (Å²) in [5.74, 6) is -4.12. The Morgan fingerprint density at radius 3 is 2.73 bits per heavy atom. The second-order valence-electron chi connectivity index (χ2n) is 7.31. The predicted molar refractivity (Wildman–Crippen MR) is 108 cm³/mol. The Morgan fingerprint density at radius 2 is 2.03 bits per heavy atom. The highest BCUT2D eigenvalue weighted by Gasteiger charge is 2.49. The summed E-state index contributed by atoms with van der Waals surface area (Å²) < 4.78 is 48.5. The number of benzene rings is 1. The molecule has 0 bridgehead atoms. The number of hydrogen-bond donors (Lipinski definition) is 3. The number of alkyl halides is 2. The molecule has 1 fully saturated rings. The van der Waals surface area contributed by atoms with Gasteiger partial charge in [-0.15, -0.1) is 0 Å². The second kappa shape index (κ2) is 8.40. The highest BCUT2D eigenvalue weighted by molar-refractivity contribution is 5.62. The summed E-state index contributed by atoms with van der Waals surface area (Å²) in [5, 5.41) is 14.7. The third-order valence-electron chi connectivity index (χ3n) is 5.10. The summed E-state index contributed by atoms with van der Waals surface area (Å²) in [5.41, 5.74) is -2.51. The lowest BCUT2D eigenvalue weighted by Gasteiger charge is -2.18. The van der Waals surface area contributed by atoms with Gasteiger partial charge >= 0.3 is 5.69 Å². The van der Waals surface area contributed by atoms with Crippen molar-refractivity contribution < 1.29 is 17.9 Å².